The molecule has 0 saturated heterocycles. The topological polar surface area (TPSA) is 95.1 Å². The fourth-order valence-electron chi connectivity index (χ4n) is 2.60. The second-order valence-corrected chi connectivity index (χ2v) is 7.16. The van der Waals surface area contributed by atoms with E-state index in [1.165, 1.54) is 11.3 Å². The number of nitrogens with zero attached hydrogens (tertiary/aromatic N) is 3. The van der Waals surface area contributed by atoms with Crippen molar-refractivity contribution < 1.29 is 4.79 Å². The van der Waals surface area contributed by atoms with Crippen LogP contribution in [-0.2, 0) is 4.79 Å². The summed E-state index contributed by atoms with van der Waals surface area (Å²) < 4.78 is 1.08. The number of rotatable bonds is 5. The number of H-pyrrole nitrogens is 1. The van der Waals surface area contributed by atoms with E-state index in [1.807, 2.05) is 48.5 Å². The second-order valence-electron chi connectivity index (χ2n) is 6.13. The quantitative estimate of drug-likeness (QED) is 0.366. The smallest absolute Gasteiger partial charge is 0.262 e. The molecular weight excluding hydrogens is 360 g/mol. The number of aromatic nitrogens is 3. The van der Waals surface area contributed by atoms with Crippen LogP contribution in [-0.4, -0.2) is 32.6 Å². The first kappa shape index (κ1) is 17.2. The van der Waals surface area contributed by atoms with E-state index in [1.54, 1.807) is 13.8 Å². The average molecular weight is 378 g/mol. The Hall–Kier alpha value is -3.26. The Morgan fingerprint density at radius 3 is 2.63 bits per heavy atom. The Kier molecular flexibility index (Phi) is 4.55. The number of hydrogen-bond donors (Lipinski definition) is 3. The Morgan fingerprint density at radius 1 is 1.11 bits per heavy atom. The molecule has 7 nitrogen and oxygen atoms in total. The fourth-order valence-corrected chi connectivity index (χ4v) is 3.55. The van der Waals surface area contributed by atoms with Crippen molar-refractivity contribution in [2.45, 2.75) is 19.9 Å². The van der Waals surface area contributed by atoms with E-state index < -0.39 is 6.04 Å². The molecule has 3 N–H and O–H groups in total. The van der Waals surface area contributed by atoms with Crippen molar-refractivity contribution in [3.8, 4) is 0 Å². The number of carbonyl (C=O) groups excluding carboxylic acids is 1. The van der Waals surface area contributed by atoms with Gasteiger partial charge >= 0.3 is 0 Å². The largest absolute Gasteiger partial charge is 0.350 e. The number of fused-ring (bicyclic) bond motifs is 2. The molecule has 1 atom stereocenters. The normalized spacial score (nSPS) is 13.0. The van der Waals surface area contributed by atoms with Crippen molar-refractivity contribution in [2.24, 2.45) is 5.10 Å². The maximum atomic E-state index is 12.3. The Balaban J connectivity index is 1.42. The number of nitrogens with one attached hydrogen (secondary N) is 3. The third kappa shape index (κ3) is 3.65. The van der Waals surface area contributed by atoms with Gasteiger partial charge in [0, 0.05) is 0 Å². The molecule has 2 heterocycles. The molecule has 0 saturated carbocycles. The number of hydrogen-bond acceptors (Lipinski definition) is 6. The van der Waals surface area contributed by atoms with Crippen LogP contribution in [0.1, 0.15) is 19.7 Å². The van der Waals surface area contributed by atoms with Crippen molar-refractivity contribution in [3.05, 3.63) is 54.4 Å². The molecule has 0 fully saturated rings. The van der Waals surface area contributed by atoms with Gasteiger partial charge in [0.05, 0.1) is 21.3 Å². The molecule has 27 heavy (non-hydrogen) atoms. The zero-order valence-electron chi connectivity index (χ0n) is 14.9. The standard InChI is InChI=1S/C19H18N6OS/c1-11(17-21-13-7-3-4-8-14(13)22-17)24-25-18(26)12(2)20-19-23-15-9-5-6-10-16(15)27-19/h3-10,12H,1-2H3,(H,20,23)(H,21,22)(H,25,26)/b24-11+/t12-/m1/s1. The summed E-state index contributed by atoms with van der Waals surface area (Å²) in [6.45, 7) is 3.57. The molecule has 2 aromatic heterocycles. The van der Waals surface area contributed by atoms with Gasteiger partial charge < -0.3 is 10.3 Å². The Bertz CT molecular complexity index is 1080. The highest BCUT2D eigenvalue weighted by atomic mass is 32.1. The zero-order chi connectivity index (χ0) is 18.8. The van der Waals surface area contributed by atoms with Crippen LogP contribution >= 0.6 is 11.3 Å². The number of anilines is 1. The highest BCUT2D eigenvalue weighted by molar-refractivity contribution is 7.22. The minimum atomic E-state index is -0.474. The van der Waals surface area contributed by atoms with Gasteiger partial charge in [-0.15, -0.1) is 0 Å². The van der Waals surface area contributed by atoms with E-state index in [0.717, 1.165) is 21.3 Å². The number of carbonyl (C=O) groups is 1. The van der Waals surface area contributed by atoms with E-state index in [9.17, 15) is 4.79 Å². The van der Waals surface area contributed by atoms with Crippen molar-refractivity contribution in [1.82, 2.24) is 20.4 Å². The fraction of sp³-hybridized carbons (Fsp3) is 0.158. The van der Waals surface area contributed by atoms with Gasteiger partial charge in [0.2, 0.25) is 0 Å². The molecule has 8 heteroatoms. The number of amides is 1. The van der Waals surface area contributed by atoms with Crippen LogP contribution in [0.4, 0.5) is 5.13 Å². The summed E-state index contributed by atoms with van der Waals surface area (Å²) >= 11 is 1.51. The molecule has 0 aliphatic rings. The lowest BCUT2D eigenvalue weighted by Crippen LogP contribution is -2.35. The van der Waals surface area contributed by atoms with Crippen molar-refractivity contribution in [1.29, 1.82) is 0 Å². The Morgan fingerprint density at radius 2 is 1.85 bits per heavy atom. The number of thiazole rings is 1. The van der Waals surface area contributed by atoms with Crippen LogP contribution in [0.2, 0.25) is 0 Å². The summed E-state index contributed by atoms with van der Waals surface area (Å²) in [4.78, 5) is 24.5. The molecule has 4 rings (SSSR count). The summed E-state index contributed by atoms with van der Waals surface area (Å²) in [5.41, 5.74) is 5.89. The molecule has 0 radical (unpaired) electrons. The summed E-state index contributed by atoms with van der Waals surface area (Å²) in [6, 6.07) is 15.1. The lowest BCUT2D eigenvalue weighted by molar-refractivity contribution is -0.121. The van der Waals surface area contributed by atoms with E-state index in [0.29, 0.717) is 16.7 Å². The van der Waals surface area contributed by atoms with E-state index in [2.05, 4.69) is 30.8 Å². The van der Waals surface area contributed by atoms with E-state index in [-0.39, 0.29) is 5.91 Å². The molecule has 136 valence electrons. The third-order valence-corrected chi connectivity index (χ3v) is 5.06. The highest BCUT2D eigenvalue weighted by Gasteiger charge is 2.15. The lowest BCUT2D eigenvalue weighted by Gasteiger charge is -2.10. The first-order chi connectivity index (χ1) is 13.1. The van der Waals surface area contributed by atoms with Gasteiger partial charge in [0.1, 0.15) is 11.8 Å². The molecule has 0 aliphatic heterocycles. The maximum Gasteiger partial charge on any atom is 0.262 e. The van der Waals surface area contributed by atoms with Crippen LogP contribution in [0.15, 0.2) is 53.6 Å². The molecular formula is C19H18N6OS. The van der Waals surface area contributed by atoms with Crippen LogP contribution in [0, 0.1) is 0 Å². The van der Waals surface area contributed by atoms with Gasteiger partial charge in [0.15, 0.2) is 11.0 Å². The van der Waals surface area contributed by atoms with Crippen molar-refractivity contribution in [2.75, 3.05) is 5.32 Å². The maximum absolute atomic E-state index is 12.3. The Labute approximate surface area is 159 Å². The second kappa shape index (κ2) is 7.16. The number of aromatic amines is 1. The molecule has 0 bridgehead atoms. The van der Waals surface area contributed by atoms with Crippen LogP contribution in [0.5, 0.6) is 0 Å². The van der Waals surface area contributed by atoms with Crippen molar-refractivity contribution in [3.63, 3.8) is 0 Å². The van der Waals surface area contributed by atoms with Crippen LogP contribution in [0.3, 0.4) is 0 Å². The summed E-state index contributed by atoms with van der Waals surface area (Å²) in [5.74, 6) is 0.382. The summed E-state index contributed by atoms with van der Waals surface area (Å²) in [6.07, 6.45) is 0. The lowest BCUT2D eigenvalue weighted by atomic mass is 10.3. The number of imidazole rings is 1. The third-order valence-electron chi connectivity index (χ3n) is 4.09. The average Bonchev–Trinajstić information content (AvgIpc) is 3.28. The summed E-state index contributed by atoms with van der Waals surface area (Å²) in [7, 11) is 0. The predicted molar refractivity (Wildman–Crippen MR) is 109 cm³/mol. The summed E-state index contributed by atoms with van der Waals surface area (Å²) in [5, 5.41) is 7.99. The number of para-hydroxylation sites is 3. The van der Waals surface area contributed by atoms with Gasteiger partial charge in [-0.25, -0.2) is 15.4 Å². The minimum Gasteiger partial charge on any atom is -0.350 e. The van der Waals surface area contributed by atoms with Crippen LogP contribution in [0.25, 0.3) is 21.3 Å². The van der Waals surface area contributed by atoms with Crippen LogP contribution < -0.4 is 10.7 Å². The number of benzene rings is 2. The predicted octanol–water partition coefficient (Wildman–Crippen LogP) is 3.51. The van der Waals surface area contributed by atoms with Gasteiger partial charge in [0.25, 0.3) is 5.91 Å². The molecule has 4 aromatic rings. The molecule has 1 amide bonds. The SMILES string of the molecule is C/C(=N\NC(=O)[C@@H](C)Nc1nc2ccccc2s1)c1nc2ccccc2[nH]1. The van der Waals surface area contributed by atoms with E-state index >= 15 is 0 Å². The van der Waals surface area contributed by atoms with Crippen molar-refractivity contribution >= 4 is 49.3 Å². The minimum absolute atomic E-state index is 0.246. The zero-order valence-corrected chi connectivity index (χ0v) is 15.7. The van der Waals surface area contributed by atoms with Gasteiger partial charge in [-0.2, -0.15) is 5.10 Å². The van der Waals surface area contributed by atoms with E-state index in [4.69, 9.17) is 0 Å². The highest BCUT2D eigenvalue weighted by Crippen LogP contribution is 2.25. The first-order valence-corrected chi connectivity index (χ1v) is 9.33. The van der Waals surface area contributed by atoms with Gasteiger partial charge in [-0.3, -0.25) is 4.79 Å². The molecule has 0 unspecified atom stereocenters. The van der Waals surface area contributed by atoms with Gasteiger partial charge in [-0.05, 0) is 38.1 Å². The first-order valence-electron chi connectivity index (χ1n) is 8.51. The van der Waals surface area contributed by atoms with Gasteiger partial charge in [-0.1, -0.05) is 35.6 Å². The molecule has 0 spiro atoms. The molecule has 2 aromatic carbocycles. The monoisotopic (exact) mass is 378 g/mol. The number of hydrazone groups is 1. The molecule has 0 aliphatic carbocycles.